The van der Waals surface area contributed by atoms with Crippen LogP contribution in [-0.4, -0.2) is 42.4 Å². The smallest absolute Gasteiger partial charge is 0.119 e. The van der Waals surface area contributed by atoms with E-state index in [0.29, 0.717) is 6.61 Å². The van der Waals surface area contributed by atoms with Crippen molar-refractivity contribution in [3.63, 3.8) is 0 Å². The molecule has 4 heteroatoms. The molecule has 0 heterocycles. The molecule has 2 N–H and O–H groups in total. The van der Waals surface area contributed by atoms with Crippen LogP contribution in [-0.2, 0) is 0 Å². The van der Waals surface area contributed by atoms with Gasteiger partial charge in [0.25, 0.3) is 0 Å². The van der Waals surface area contributed by atoms with E-state index in [1.165, 1.54) is 5.57 Å². The molecule has 0 saturated carbocycles. The van der Waals surface area contributed by atoms with Gasteiger partial charge >= 0.3 is 0 Å². The van der Waals surface area contributed by atoms with Gasteiger partial charge in [-0.15, -0.1) is 0 Å². The summed E-state index contributed by atoms with van der Waals surface area (Å²) >= 11 is 0. The summed E-state index contributed by atoms with van der Waals surface area (Å²) < 4.78 is 5.84. The van der Waals surface area contributed by atoms with Gasteiger partial charge in [0.05, 0.1) is 0 Å². The molecule has 0 saturated heterocycles. The number of phenolic OH excluding ortho intramolecular Hbond substituents is 2. The lowest BCUT2D eigenvalue weighted by molar-refractivity contribution is 0.261. The standard InChI is InChI=1S/C26H29NO3/c1-4-25(19-5-11-22(28)12-6-19)26(20-7-13-23(29)14-8-20)21-9-15-24(16-10-21)30-18-17-27(2)3/h5-16,28-29H,4,17-18H2,1-3H3/b26-25-. The molecule has 3 aromatic rings. The second kappa shape index (κ2) is 9.99. The zero-order valence-electron chi connectivity index (χ0n) is 17.8. The Hall–Kier alpha value is -3.24. The minimum absolute atomic E-state index is 0.241. The van der Waals surface area contributed by atoms with E-state index >= 15 is 0 Å². The minimum Gasteiger partial charge on any atom is -0.508 e. The molecule has 0 fully saturated rings. The molecule has 0 aliphatic carbocycles. The molecule has 0 radical (unpaired) electrons. The molecule has 0 aliphatic rings. The summed E-state index contributed by atoms with van der Waals surface area (Å²) in [6.07, 6.45) is 0.821. The molecule has 156 valence electrons. The molecule has 0 aromatic heterocycles. The summed E-state index contributed by atoms with van der Waals surface area (Å²) in [5, 5.41) is 19.4. The van der Waals surface area contributed by atoms with Crippen LogP contribution in [0.1, 0.15) is 30.0 Å². The van der Waals surface area contributed by atoms with Crippen LogP contribution in [0.5, 0.6) is 17.2 Å². The Bertz CT molecular complexity index is 972. The Morgan fingerprint density at radius 2 is 1.20 bits per heavy atom. The van der Waals surface area contributed by atoms with Crippen LogP contribution in [0.15, 0.2) is 72.8 Å². The molecule has 0 spiro atoms. The molecule has 0 unspecified atom stereocenters. The molecular formula is C26H29NO3. The maximum Gasteiger partial charge on any atom is 0.119 e. The number of rotatable bonds is 8. The predicted molar refractivity (Wildman–Crippen MR) is 123 cm³/mol. The Balaban J connectivity index is 2.03. The second-order valence-electron chi connectivity index (χ2n) is 7.48. The van der Waals surface area contributed by atoms with Gasteiger partial charge in [-0.3, -0.25) is 0 Å². The monoisotopic (exact) mass is 403 g/mol. The average Bonchev–Trinajstić information content (AvgIpc) is 2.74. The quantitative estimate of drug-likeness (QED) is 0.494. The fourth-order valence-corrected chi connectivity index (χ4v) is 3.39. The summed E-state index contributed by atoms with van der Waals surface area (Å²) in [7, 11) is 4.05. The van der Waals surface area contributed by atoms with E-state index in [4.69, 9.17) is 4.74 Å². The Morgan fingerprint density at radius 1 is 0.733 bits per heavy atom. The van der Waals surface area contributed by atoms with Crippen molar-refractivity contribution >= 4 is 11.1 Å². The van der Waals surface area contributed by atoms with Crippen LogP contribution in [0.2, 0.25) is 0 Å². The van der Waals surface area contributed by atoms with Crippen LogP contribution in [0, 0.1) is 0 Å². The minimum atomic E-state index is 0.241. The Labute approximate surface area is 178 Å². The highest BCUT2D eigenvalue weighted by Crippen LogP contribution is 2.36. The molecule has 0 amide bonds. The van der Waals surface area contributed by atoms with Gasteiger partial charge in [-0.25, -0.2) is 0 Å². The number of nitrogens with zero attached hydrogens (tertiary/aromatic N) is 1. The van der Waals surface area contributed by atoms with Crippen LogP contribution in [0.3, 0.4) is 0 Å². The summed E-state index contributed by atoms with van der Waals surface area (Å²) in [6.45, 7) is 3.63. The van der Waals surface area contributed by atoms with Crippen molar-refractivity contribution in [2.24, 2.45) is 0 Å². The first-order valence-corrected chi connectivity index (χ1v) is 10.2. The highest BCUT2D eigenvalue weighted by molar-refractivity contribution is 5.98. The lowest BCUT2D eigenvalue weighted by Crippen LogP contribution is -2.19. The zero-order valence-corrected chi connectivity index (χ0v) is 17.8. The van der Waals surface area contributed by atoms with E-state index < -0.39 is 0 Å². The predicted octanol–water partition coefficient (Wildman–Crippen LogP) is 5.41. The Morgan fingerprint density at radius 3 is 1.67 bits per heavy atom. The number of benzene rings is 3. The molecule has 0 atom stereocenters. The molecule has 30 heavy (non-hydrogen) atoms. The Kier molecular flexibility index (Phi) is 7.15. The van der Waals surface area contributed by atoms with Crippen LogP contribution < -0.4 is 4.74 Å². The fraction of sp³-hybridized carbons (Fsp3) is 0.231. The highest BCUT2D eigenvalue weighted by atomic mass is 16.5. The van der Waals surface area contributed by atoms with E-state index in [-0.39, 0.29) is 11.5 Å². The second-order valence-corrected chi connectivity index (χ2v) is 7.48. The molecule has 4 nitrogen and oxygen atoms in total. The van der Waals surface area contributed by atoms with Crippen LogP contribution >= 0.6 is 0 Å². The number of ether oxygens (including phenoxy) is 1. The van der Waals surface area contributed by atoms with Gasteiger partial charge in [0.2, 0.25) is 0 Å². The van der Waals surface area contributed by atoms with Gasteiger partial charge in [0.1, 0.15) is 23.9 Å². The van der Waals surface area contributed by atoms with Crippen molar-refractivity contribution in [1.29, 1.82) is 0 Å². The van der Waals surface area contributed by atoms with Crippen molar-refractivity contribution in [2.75, 3.05) is 27.2 Å². The molecule has 0 bridgehead atoms. The third kappa shape index (κ3) is 5.43. The van der Waals surface area contributed by atoms with E-state index in [1.54, 1.807) is 24.3 Å². The fourth-order valence-electron chi connectivity index (χ4n) is 3.39. The maximum atomic E-state index is 9.75. The lowest BCUT2D eigenvalue weighted by atomic mass is 9.88. The SMILES string of the molecule is CC/C(=C(\c1ccc(O)cc1)c1ccc(OCCN(C)C)cc1)c1ccc(O)cc1. The van der Waals surface area contributed by atoms with Gasteiger partial charge in [0, 0.05) is 6.54 Å². The number of hydrogen-bond donors (Lipinski definition) is 2. The molecular weight excluding hydrogens is 374 g/mol. The highest BCUT2D eigenvalue weighted by Gasteiger charge is 2.13. The lowest BCUT2D eigenvalue weighted by Gasteiger charge is -2.17. The van der Waals surface area contributed by atoms with E-state index in [2.05, 4.69) is 24.0 Å². The third-order valence-corrected chi connectivity index (χ3v) is 4.98. The number of aromatic hydroxyl groups is 2. The van der Waals surface area contributed by atoms with E-state index in [9.17, 15) is 10.2 Å². The van der Waals surface area contributed by atoms with Crippen molar-refractivity contribution in [3.8, 4) is 17.2 Å². The van der Waals surface area contributed by atoms with Gasteiger partial charge in [-0.2, -0.15) is 0 Å². The largest absolute Gasteiger partial charge is 0.508 e. The number of allylic oxidation sites excluding steroid dienone is 1. The van der Waals surface area contributed by atoms with E-state index in [0.717, 1.165) is 41.0 Å². The summed E-state index contributed by atoms with van der Waals surface area (Å²) in [6, 6.07) is 22.7. The number of likely N-dealkylation sites (N-methyl/N-ethyl adjacent to an activating group) is 1. The zero-order chi connectivity index (χ0) is 21.5. The van der Waals surface area contributed by atoms with E-state index in [1.807, 2.05) is 50.5 Å². The van der Waals surface area contributed by atoms with Crippen molar-refractivity contribution < 1.29 is 14.9 Å². The third-order valence-electron chi connectivity index (χ3n) is 4.98. The average molecular weight is 404 g/mol. The molecule has 3 aromatic carbocycles. The molecule has 0 aliphatic heterocycles. The van der Waals surface area contributed by atoms with Crippen molar-refractivity contribution in [1.82, 2.24) is 4.90 Å². The molecule has 3 rings (SSSR count). The summed E-state index contributed by atoms with van der Waals surface area (Å²) in [5.74, 6) is 1.33. The number of phenols is 2. The van der Waals surface area contributed by atoms with Gasteiger partial charge in [-0.1, -0.05) is 43.3 Å². The van der Waals surface area contributed by atoms with Gasteiger partial charge < -0.3 is 19.8 Å². The topological polar surface area (TPSA) is 52.9 Å². The van der Waals surface area contributed by atoms with Gasteiger partial charge in [0.15, 0.2) is 0 Å². The normalized spacial score (nSPS) is 12.0. The first-order chi connectivity index (χ1) is 14.5. The number of hydrogen-bond acceptors (Lipinski definition) is 4. The van der Waals surface area contributed by atoms with Crippen LogP contribution in [0.4, 0.5) is 0 Å². The summed E-state index contributed by atoms with van der Waals surface area (Å²) in [4.78, 5) is 2.09. The summed E-state index contributed by atoms with van der Waals surface area (Å²) in [5.41, 5.74) is 5.43. The van der Waals surface area contributed by atoms with Crippen LogP contribution in [0.25, 0.3) is 11.1 Å². The maximum absolute atomic E-state index is 9.75. The first kappa shape index (κ1) is 21.5. The van der Waals surface area contributed by atoms with Crippen molar-refractivity contribution in [3.05, 3.63) is 89.5 Å². The van der Waals surface area contributed by atoms with Crippen molar-refractivity contribution in [2.45, 2.75) is 13.3 Å². The first-order valence-electron chi connectivity index (χ1n) is 10.2. The van der Waals surface area contributed by atoms with Gasteiger partial charge in [-0.05, 0) is 84.8 Å².